The van der Waals surface area contributed by atoms with Gasteiger partial charge in [0.05, 0.1) is 30.0 Å². The third-order valence-corrected chi connectivity index (χ3v) is 8.54. The second-order valence-corrected chi connectivity index (χ2v) is 11.1. The van der Waals surface area contributed by atoms with Crippen molar-refractivity contribution in [2.45, 2.75) is 71.4 Å². The number of anilines is 1. The number of carbonyl (C=O) groups is 2. The van der Waals surface area contributed by atoms with E-state index >= 15 is 0 Å². The van der Waals surface area contributed by atoms with Crippen LogP contribution in [0.5, 0.6) is 0 Å². The number of nitrogens with one attached hydrogen (secondary N) is 2. The number of benzene rings is 1. The SMILES string of the molecule is CNc1ccc2oc(C[C@@H]3O[C@]4(CC[C@@H]3C)O[C@H]([C@H](C)C(=O)c3ccc[nH]3)[C@H](C)C[C@H]4C)nc2c1C(=O)O. The zero-order valence-corrected chi connectivity index (χ0v) is 22.6. The van der Waals surface area contributed by atoms with E-state index in [4.69, 9.17) is 13.9 Å². The van der Waals surface area contributed by atoms with Crippen LogP contribution in [-0.4, -0.2) is 51.9 Å². The maximum Gasteiger partial charge on any atom is 0.340 e. The van der Waals surface area contributed by atoms with Crippen molar-refractivity contribution in [2.75, 3.05) is 12.4 Å². The number of oxazole rings is 1. The Kier molecular flexibility index (Phi) is 7.09. The average molecular weight is 524 g/mol. The van der Waals surface area contributed by atoms with Crippen LogP contribution >= 0.6 is 0 Å². The summed E-state index contributed by atoms with van der Waals surface area (Å²) in [6, 6.07) is 7.05. The van der Waals surface area contributed by atoms with E-state index in [1.165, 1.54) is 0 Å². The van der Waals surface area contributed by atoms with Crippen molar-refractivity contribution in [3.63, 3.8) is 0 Å². The summed E-state index contributed by atoms with van der Waals surface area (Å²) in [7, 11) is 1.68. The van der Waals surface area contributed by atoms with Gasteiger partial charge < -0.3 is 29.3 Å². The zero-order chi connectivity index (χ0) is 27.2. The number of nitrogens with zero attached hydrogens (tertiary/aromatic N) is 1. The van der Waals surface area contributed by atoms with Crippen LogP contribution in [0.4, 0.5) is 5.69 Å². The Balaban J connectivity index is 1.39. The molecule has 1 aromatic carbocycles. The number of hydrogen-bond donors (Lipinski definition) is 3. The predicted octanol–water partition coefficient (Wildman–Crippen LogP) is 5.53. The zero-order valence-electron chi connectivity index (χ0n) is 22.6. The minimum atomic E-state index is -1.06. The predicted molar refractivity (Wildman–Crippen MR) is 142 cm³/mol. The molecule has 2 aliphatic rings. The van der Waals surface area contributed by atoms with Crippen molar-refractivity contribution in [1.82, 2.24) is 9.97 Å². The highest BCUT2D eigenvalue weighted by Gasteiger charge is 2.52. The number of Topliss-reactive ketones (excluding diaryl/α,β-unsaturated/α-hetero) is 1. The molecule has 0 aliphatic carbocycles. The van der Waals surface area contributed by atoms with Gasteiger partial charge in [0, 0.05) is 31.5 Å². The van der Waals surface area contributed by atoms with Gasteiger partial charge in [-0.25, -0.2) is 9.78 Å². The van der Waals surface area contributed by atoms with E-state index in [9.17, 15) is 14.7 Å². The number of ether oxygens (including phenoxy) is 2. The van der Waals surface area contributed by atoms with E-state index in [0.717, 1.165) is 19.3 Å². The first-order valence-electron chi connectivity index (χ1n) is 13.5. The average Bonchev–Trinajstić information content (AvgIpc) is 3.57. The minimum absolute atomic E-state index is 0.0407. The van der Waals surface area contributed by atoms with Gasteiger partial charge in [0.2, 0.25) is 0 Å². The smallest absolute Gasteiger partial charge is 0.340 e. The summed E-state index contributed by atoms with van der Waals surface area (Å²) >= 11 is 0. The van der Waals surface area contributed by atoms with Crippen molar-refractivity contribution in [1.29, 1.82) is 0 Å². The fraction of sp³-hybridized carbons (Fsp3) is 0.552. The number of aromatic carboxylic acids is 1. The maximum absolute atomic E-state index is 13.1. The molecule has 9 nitrogen and oxygen atoms in total. The third-order valence-electron chi connectivity index (χ3n) is 8.54. The largest absolute Gasteiger partial charge is 0.478 e. The Morgan fingerprint density at radius 3 is 2.68 bits per heavy atom. The van der Waals surface area contributed by atoms with Crippen LogP contribution in [0.2, 0.25) is 0 Å². The molecule has 3 aromatic rings. The number of ketones is 1. The molecule has 204 valence electrons. The number of carboxylic acids is 1. The van der Waals surface area contributed by atoms with Crippen LogP contribution in [0.3, 0.4) is 0 Å². The van der Waals surface area contributed by atoms with Gasteiger partial charge in [0.25, 0.3) is 0 Å². The van der Waals surface area contributed by atoms with Crippen molar-refractivity contribution in [3.05, 3.63) is 47.6 Å². The highest BCUT2D eigenvalue weighted by molar-refractivity contribution is 6.06. The molecule has 0 saturated carbocycles. The number of fused-ring (bicyclic) bond motifs is 1. The Morgan fingerprint density at radius 2 is 2.00 bits per heavy atom. The number of rotatable bonds is 7. The standard InChI is InChI=1S/C29H37N3O6/c1-15-10-11-29(17(3)13-16(2)27(38-29)18(4)26(33)20-7-6-12-31-20)37-22(15)14-23-32-25-21(36-23)9-8-19(30-5)24(25)28(34)35/h6-9,12,15-18,22,27,30-31H,10-11,13-14H2,1-5H3,(H,34,35)/t15-,16+,17+,18+,22-,27-,29+/m0/s1. The minimum Gasteiger partial charge on any atom is -0.478 e. The van der Waals surface area contributed by atoms with Crippen molar-refractivity contribution in [3.8, 4) is 0 Å². The fourth-order valence-corrected chi connectivity index (χ4v) is 6.27. The molecule has 2 aromatic heterocycles. The summed E-state index contributed by atoms with van der Waals surface area (Å²) in [6.45, 7) is 8.39. The molecule has 9 heteroatoms. The molecule has 0 amide bonds. The second-order valence-electron chi connectivity index (χ2n) is 11.1. The summed E-state index contributed by atoms with van der Waals surface area (Å²) in [4.78, 5) is 32.7. The number of aromatic amines is 1. The molecule has 2 fully saturated rings. The maximum atomic E-state index is 13.1. The Hall–Kier alpha value is -3.17. The highest BCUT2D eigenvalue weighted by Crippen LogP contribution is 2.48. The lowest BCUT2D eigenvalue weighted by Gasteiger charge is -2.53. The molecule has 0 unspecified atom stereocenters. The molecular formula is C29H37N3O6. The number of H-pyrrole nitrogens is 1. The van der Waals surface area contributed by atoms with Gasteiger partial charge in [0.1, 0.15) is 11.1 Å². The van der Waals surface area contributed by atoms with Crippen molar-refractivity contribution < 1.29 is 28.6 Å². The summed E-state index contributed by atoms with van der Waals surface area (Å²) in [5.41, 5.74) is 1.93. The summed E-state index contributed by atoms with van der Waals surface area (Å²) < 4.78 is 19.6. The summed E-state index contributed by atoms with van der Waals surface area (Å²) in [5, 5.41) is 12.7. The molecule has 7 atom stereocenters. The molecule has 2 aliphatic heterocycles. The van der Waals surface area contributed by atoms with Crippen LogP contribution in [0.1, 0.15) is 73.7 Å². The number of carboxylic acid groups (broad SMARTS) is 1. The number of hydrogen-bond acceptors (Lipinski definition) is 7. The molecule has 0 bridgehead atoms. The van der Waals surface area contributed by atoms with Gasteiger partial charge >= 0.3 is 5.97 Å². The van der Waals surface area contributed by atoms with Gasteiger partial charge in [-0.3, -0.25) is 4.79 Å². The summed E-state index contributed by atoms with van der Waals surface area (Å²) in [6.07, 6.45) is 4.22. The summed E-state index contributed by atoms with van der Waals surface area (Å²) in [5.74, 6) is -1.11. The van der Waals surface area contributed by atoms with Gasteiger partial charge in [0.15, 0.2) is 23.0 Å². The molecule has 0 radical (unpaired) electrons. The van der Waals surface area contributed by atoms with E-state index in [2.05, 4.69) is 36.1 Å². The molecular weight excluding hydrogens is 486 g/mol. The van der Waals surface area contributed by atoms with Crippen molar-refractivity contribution >= 4 is 28.5 Å². The normalized spacial score (nSPS) is 30.4. The van der Waals surface area contributed by atoms with Crippen LogP contribution in [0.15, 0.2) is 34.9 Å². The topological polar surface area (TPSA) is 127 Å². The Labute approximate surface area is 222 Å². The Bertz CT molecular complexity index is 1320. The van der Waals surface area contributed by atoms with Gasteiger partial charge in [-0.15, -0.1) is 0 Å². The lowest BCUT2D eigenvalue weighted by atomic mass is 9.75. The molecule has 1 spiro atoms. The van der Waals surface area contributed by atoms with E-state index in [0.29, 0.717) is 34.8 Å². The fourth-order valence-electron chi connectivity index (χ4n) is 6.27. The van der Waals surface area contributed by atoms with E-state index in [1.54, 1.807) is 31.4 Å². The molecule has 2 saturated heterocycles. The van der Waals surface area contributed by atoms with Crippen LogP contribution in [-0.2, 0) is 15.9 Å². The van der Waals surface area contributed by atoms with Gasteiger partial charge in [-0.2, -0.15) is 0 Å². The van der Waals surface area contributed by atoms with Crippen molar-refractivity contribution in [2.24, 2.45) is 23.7 Å². The lowest BCUT2D eigenvalue weighted by Crippen LogP contribution is -2.58. The quantitative estimate of drug-likeness (QED) is 0.345. The molecule has 3 N–H and O–H groups in total. The first kappa shape index (κ1) is 26.4. The van der Waals surface area contributed by atoms with E-state index < -0.39 is 11.8 Å². The number of aromatic nitrogens is 2. The van der Waals surface area contributed by atoms with Gasteiger partial charge in [-0.1, -0.05) is 27.7 Å². The van der Waals surface area contributed by atoms with Crippen LogP contribution in [0.25, 0.3) is 11.1 Å². The molecule has 4 heterocycles. The van der Waals surface area contributed by atoms with E-state index in [1.807, 2.05) is 13.0 Å². The van der Waals surface area contributed by atoms with E-state index in [-0.39, 0.29) is 47.2 Å². The van der Waals surface area contributed by atoms with Crippen LogP contribution < -0.4 is 5.32 Å². The Morgan fingerprint density at radius 1 is 1.21 bits per heavy atom. The first-order chi connectivity index (χ1) is 18.1. The lowest BCUT2D eigenvalue weighted by molar-refractivity contribution is -0.355. The molecule has 5 rings (SSSR count). The second kappa shape index (κ2) is 10.2. The van der Waals surface area contributed by atoms with Crippen LogP contribution in [0, 0.1) is 23.7 Å². The number of carbonyl (C=O) groups excluding carboxylic acids is 1. The highest BCUT2D eigenvalue weighted by atomic mass is 16.7. The first-order valence-corrected chi connectivity index (χ1v) is 13.5. The molecule has 38 heavy (non-hydrogen) atoms. The van der Waals surface area contributed by atoms with Gasteiger partial charge in [-0.05, 0) is 48.9 Å². The third kappa shape index (κ3) is 4.62. The monoisotopic (exact) mass is 523 g/mol.